The molecule has 3 aliphatic carbocycles. The molecule has 37 heavy (non-hydrogen) atoms. The van der Waals surface area contributed by atoms with Crippen molar-refractivity contribution in [1.29, 1.82) is 0 Å². The first-order chi connectivity index (χ1) is 18.1. The van der Waals surface area contributed by atoms with Crippen molar-refractivity contribution in [1.82, 2.24) is 9.47 Å². The molecule has 4 atom stereocenters. The van der Waals surface area contributed by atoms with E-state index in [1.807, 2.05) is 6.07 Å². The average molecular weight is 503 g/mol. The zero-order valence-corrected chi connectivity index (χ0v) is 21.5. The molecule has 0 radical (unpaired) electrons. The highest BCUT2D eigenvalue weighted by Crippen LogP contribution is 2.69. The lowest BCUT2D eigenvalue weighted by Crippen LogP contribution is -2.74. The van der Waals surface area contributed by atoms with Gasteiger partial charge in [-0.05, 0) is 61.4 Å². The van der Waals surface area contributed by atoms with Crippen LogP contribution < -0.4 is 9.47 Å². The van der Waals surface area contributed by atoms with Crippen LogP contribution in [0.3, 0.4) is 0 Å². The molecule has 7 heteroatoms. The summed E-state index contributed by atoms with van der Waals surface area (Å²) in [7, 11) is 3.37. The monoisotopic (exact) mass is 502 g/mol. The first-order valence-electron chi connectivity index (χ1n) is 13.6. The second-order valence-corrected chi connectivity index (χ2v) is 11.7. The molecule has 0 amide bonds. The summed E-state index contributed by atoms with van der Waals surface area (Å²) in [5.74, 6) is 2.26. The number of piperidine rings is 1. The van der Waals surface area contributed by atoms with Gasteiger partial charge in [0.05, 0.1) is 22.2 Å². The molecule has 1 saturated carbocycles. The van der Waals surface area contributed by atoms with Gasteiger partial charge >= 0.3 is 0 Å². The number of fused-ring (bicyclic) bond motifs is 4. The lowest BCUT2D eigenvalue weighted by molar-refractivity contribution is -0.174. The summed E-state index contributed by atoms with van der Waals surface area (Å²) < 4.78 is 26.3. The van der Waals surface area contributed by atoms with Crippen LogP contribution in [-0.4, -0.2) is 60.3 Å². The largest absolute Gasteiger partial charge is 0.479 e. The van der Waals surface area contributed by atoms with Gasteiger partial charge in [-0.25, -0.2) is 0 Å². The van der Waals surface area contributed by atoms with Gasteiger partial charge in [0.2, 0.25) is 0 Å². The van der Waals surface area contributed by atoms with E-state index in [2.05, 4.69) is 39.8 Å². The van der Waals surface area contributed by atoms with Crippen molar-refractivity contribution < 1.29 is 24.1 Å². The van der Waals surface area contributed by atoms with Gasteiger partial charge in [-0.1, -0.05) is 24.3 Å². The van der Waals surface area contributed by atoms with Gasteiger partial charge in [0.1, 0.15) is 6.73 Å². The van der Waals surface area contributed by atoms with Crippen LogP contribution in [0.4, 0.5) is 0 Å². The molecule has 2 bridgehead atoms. The molecule has 1 spiro atoms. The molecule has 2 aliphatic heterocycles. The van der Waals surface area contributed by atoms with Crippen molar-refractivity contribution in [3.05, 3.63) is 58.8 Å². The molecular formula is C30H34N2O5. The summed E-state index contributed by atoms with van der Waals surface area (Å²) in [6.45, 7) is 2.66. The summed E-state index contributed by atoms with van der Waals surface area (Å²) >= 11 is 0. The Balaban J connectivity index is 1.40. The lowest BCUT2D eigenvalue weighted by atomic mass is 9.49. The molecule has 7 nitrogen and oxygen atoms in total. The highest BCUT2D eigenvalue weighted by Gasteiger charge is 2.73. The Hall–Kier alpha value is -2.58. The fraction of sp³-hybridized carbons (Fsp3) is 0.533. The fourth-order valence-corrected chi connectivity index (χ4v) is 8.30. The Morgan fingerprint density at radius 2 is 1.97 bits per heavy atom. The Kier molecular flexibility index (Phi) is 4.68. The minimum atomic E-state index is -0.933. The van der Waals surface area contributed by atoms with Gasteiger partial charge in [-0.15, -0.1) is 0 Å². The third kappa shape index (κ3) is 2.76. The summed E-state index contributed by atoms with van der Waals surface area (Å²) in [6, 6.07) is 12.8. The molecule has 3 aromatic rings. The third-order valence-electron chi connectivity index (χ3n) is 9.90. The molecule has 0 unspecified atom stereocenters. The van der Waals surface area contributed by atoms with Crippen LogP contribution in [-0.2, 0) is 34.5 Å². The van der Waals surface area contributed by atoms with Gasteiger partial charge in [0.15, 0.2) is 24.4 Å². The Labute approximate surface area is 216 Å². The van der Waals surface area contributed by atoms with Crippen LogP contribution in [0.25, 0.3) is 10.9 Å². The van der Waals surface area contributed by atoms with E-state index < -0.39 is 11.0 Å². The van der Waals surface area contributed by atoms with Crippen LogP contribution in [0.1, 0.15) is 47.8 Å². The number of aromatic nitrogens is 1. The number of aliphatic hydroxyl groups is 1. The highest BCUT2D eigenvalue weighted by atomic mass is 16.7. The maximum absolute atomic E-state index is 13.1. The topological polar surface area (TPSA) is 65.3 Å². The van der Waals surface area contributed by atoms with Crippen LogP contribution >= 0.6 is 0 Å². The number of methoxy groups -OCH3 is 2. The molecule has 1 saturated heterocycles. The van der Waals surface area contributed by atoms with Crippen LogP contribution in [0, 0.1) is 5.92 Å². The van der Waals surface area contributed by atoms with Crippen molar-refractivity contribution in [2.24, 2.45) is 5.92 Å². The SMILES string of the molecule is COCOc1ccc2c3c1O[C@H]1c4c(c5ccccc5n4COC)C[C@@]4(O)[C@H](C2)N(CC2CC2)CC[C@]314. The number of likely N-dealkylation sites (tertiary alicyclic amines) is 1. The first-order valence-corrected chi connectivity index (χ1v) is 13.6. The Morgan fingerprint density at radius 1 is 1.11 bits per heavy atom. The molecule has 2 fully saturated rings. The molecule has 194 valence electrons. The second-order valence-electron chi connectivity index (χ2n) is 11.7. The third-order valence-corrected chi connectivity index (χ3v) is 9.90. The predicted octanol–water partition coefficient (Wildman–Crippen LogP) is 3.93. The van der Waals surface area contributed by atoms with Gasteiger partial charge < -0.3 is 28.6 Å². The minimum Gasteiger partial charge on any atom is -0.479 e. The smallest absolute Gasteiger partial charge is 0.188 e. The first kappa shape index (κ1) is 22.4. The standard InChI is InChI=1S/C30H34N2O5/c1-34-16-32-22-6-4-3-5-20(22)21-14-30(33)24-13-19-9-10-23(36-17-35-2)27-25(19)29(30,28(37-27)26(21)32)11-12-31(24)15-18-7-8-18/h3-6,9-10,18,24,28,33H,7-8,11-17H2,1-2H3/t24-,28-,29-,30+/m0/s1. The average Bonchev–Trinajstić information content (AvgIpc) is 3.58. The maximum atomic E-state index is 13.1. The van der Waals surface area contributed by atoms with Gasteiger partial charge in [0.25, 0.3) is 0 Å². The molecule has 1 aromatic heterocycles. The quantitative estimate of drug-likeness (QED) is 0.494. The molecule has 1 N–H and O–H groups in total. The normalized spacial score (nSPS) is 31.2. The number of ether oxygens (including phenoxy) is 4. The van der Waals surface area contributed by atoms with Gasteiger partial charge in [0, 0.05) is 44.2 Å². The number of hydrogen-bond acceptors (Lipinski definition) is 6. The second kappa shape index (κ2) is 7.73. The fourth-order valence-electron chi connectivity index (χ4n) is 8.30. The zero-order valence-electron chi connectivity index (χ0n) is 21.5. The molecule has 5 aliphatic rings. The van der Waals surface area contributed by atoms with E-state index in [0.29, 0.717) is 18.9 Å². The summed E-state index contributed by atoms with van der Waals surface area (Å²) in [5.41, 5.74) is 4.46. The van der Waals surface area contributed by atoms with E-state index in [1.54, 1.807) is 14.2 Å². The number of nitrogens with zero attached hydrogens (tertiary/aromatic N) is 2. The molecule has 8 rings (SSSR count). The van der Waals surface area contributed by atoms with Crippen molar-refractivity contribution in [2.45, 2.75) is 62.0 Å². The van der Waals surface area contributed by atoms with Crippen molar-refractivity contribution in [2.75, 3.05) is 34.1 Å². The zero-order chi connectivity index (χ0) is 24.9. The summed E-state index contributed by atoms with van der Waals surface area (Å²) in [4.78, 5) is 2.61. The Bertz CT molecular complexity index is 1410. The van der Waals surface area contributed by atoms with E-state index in [0.717, 1.165) is 54.4 Å². The Morgan fingerprint density at radius 3 is 2.78 bits per heavy atom. The van der Waals surface area contributed by atoms with E-state index in [1.165, 1.54) is 29.4 Å². The minimum absolute atomic E-state index is 0.0647. The number of para-hydroxylation sites is 1. The van der Waals surface area contributed by atoms with Crippen LogP contribution in [0.5, 0.6) is 11.5 Å². The van der Waals surface area contributed by atoms with E-state index in [9.17, 15) is 5.11 Å². The van der Waals surface area contributed by atoms with E-state index in [-0.39, 0.29) is 18.9 Å². The molecule has 3 heterocycles. The van der Waals surface area contributed by atoms with E-state index in [4.69, 9.17) is 18.9 Å². The van der Waals surface area contributed by atoms with Gasteiger partial charge in [-0.3, -0.25) is 4.90 Å². The van der Waals surface area contributed by atoms with Crippen molar-refractivity contribution in [3.63, 3.8) is 0 Å². The summed E-state index contributed by atoms with van der Waals surface area (Å²) in [6.07, 6.45) is 4.63. The highest BCUT2D eigenvalue weighted by molar-refractivity contribution is 5.87. The number of benzene rings is 2. The summed E-state index contributed by atoms with van der Waals surface area (Å²) in [5, 5.41) is 14.3. The molecule has 2 aromatic carbocycles. The van der Waals surface area contributed by atoms with E-state index >= 15 is 0 Å². The maximum Gasteiger partial charge on any atom is 0.188 e. The number of hydrogen-bond donors (Lipinski definition) is 1. The lowest BCUT2D eigenvalue weighted by Gasteiger charge is -2.63. The molecular weight excluding hydrogens is 468 g/mol. The van der Waals surface area contributed by atoms with Gasteiger partial charge in [-0.2, -0.15) is 0 Å². The van der Waals surface area contributed by atoms with Crippen molar-refractivity contribution in [3.8, 4) is 11.5 Å². The van der Waals surface area contributed by atoms with Crippen LogP contribution in [0.15, 0.2) is 36.4 Å². The van der Waals surface area contributed by atoms with Crippen LogP contribution in [0.2, 0.25) is 0 Å². The number of rotatable bonds is 7. The predicted molar refractivity (Wildman–Crippen MR) is 138 cm³/mol. The van der Waals surface area contributed by atoms with Crippen molar-refractivity contribution >= 4 is 10.9 Å².